The molecule has 21 heteroatoms. The smallest absolute Gasteiger partial charge is 0.192 e. The van der Waals surface area contributed by atoms with Crippen LogP contribution in [0.25, 0.3) is 11.1 Å². The summed E-state index contributed by atoms with van der Waals surface area (Å²) >= 11 is 0. The number of benzene rings is 3. The van der Waals surface area contributed by atoms with Gasteiger partial charge in [-0.1, -0.05) is 0 Å². The molecule has 0 aliphatic carbocycles. The first-order valence-corrected chi connectivity index (χ1v) is 13.3. The summed E-state index contributed by atoms with van der Waals surface area (Å²) in [5.41, 5.74) is -27.5. The molecule has 0 bridgehead atoms. The maximum atomic E-state index is 14.3. The summed E-state index contributed by atoms with van der Waals surface area (Å²) in [6, 6.07) is 8.23. The van der Waals surface area contributed by atoms with Gasteiger partial charge in [0.1, 0.15) is 48.6 Å². The van der Waals surface area contributed by atoms with E-state index in [1.807, 2.05) is 0 Å². The van der Waals surface area contributed by atoms with Gasteiger partial charge < -0.3 is 0 Å². The van der Waals surface area contributed by atoms with Crippen molar-refractivity contribution in [3.05, 3.63) is 101 Å². The molecule has 3 aromatic rings. The van der Waals surface area contributed by atoms with Gasteiger partial charge in [-0.3, -0.25) is 0 Å². The SMILES string of the molecule is N#C/C(c1c(C(F)(F)F)cc(C(F)(F)F)c(C#N)c1C#N)=c1/cc(C#N)/c(=C(/C#N)c2c(C(F)(F)F)cc(C(F)(F)F)c(C#N)c2C#N)c(C#N)c1C#N. The molecule has 54 heavy (non-hydrogen) atoms. The van der Waals surface area contributed by atoms with Crippen LogP contribution in [0.4, 0.5) is 52.7 Å². The normalized spacial score (nSPS) is 12.5. The van der Waals surface area contributed by atoms with Gasteiger partial charge in [-0.15, -0.1) is 0 Å². The van der Waals surface area contributed by atoms with Gasteiger partial charge in [-0.2, -0.15) is 100 Å². The Morgan fingerprint density at radius 2 is 0.704 bits per heavy atom. The average Bonchev–Trinajstić information content (AvgIpc) is 3.08. The van der Waals surface area contributed by atoms with E-state index in [1.54, 1.807) is 0 Å². The summed E-state index contributed by atoms with van der Waals surface area (Å²) in [7, 11) is 0. The Morgan fingerprint density at radius 3 is 0.981 bits per heavy atom. The lowest BCUT2D eigenvalue weighted by molar-refractivity contribution is -0.144. The number of nitriles is 9. The fraction of sp³-hybridized carbons (Fsp3) is 0.121. The van der Waals surface area contributed by atoms with Gasteiger partial charge >= 0.3 is 24.7 Å². The molecule has 0 fully saturated rings. The van der Waals surface area contributed by atoms with E-state index in [0.717, 1.165) is 42.5 Å². The van der Waals surface area contributed by atoms with Crippen molar-refractivity contribution in [2.24, 2.45) is 0 Å². The Kier molecular flexibility index (Phi) is 10.4. The second kappa shape index (κ2) is 13.9. The predicted molar refractivity (Wildman–Crippen MR) is 148 cm³/mol. The quantitative estimate of drug-likeness (QED) is 0.268. The van der Waals surface area contributed by atoms with Crippen LogP contribution in [0, 0.1) is 102 Å². The molecule has 0 aliphatic rings. The van der Waals surface area contributed by atoms with Gasteiger partial charge in [-0.05, 0) is 18.2 Å². The minimum Gasteiger partial charge on any atom is -0.192 e. The molecule has 0 unspecified atom stereocenters. The molecule has 0 atom stereocenters. The van der Waals surface area contributed by atoms with Crippen molar-refractivity contribution in [1.29, 1.82) is 47.4 Å². The van der Waals surface area contributed by atoms with Crippen molar-refractivity contribution >= 4 is 11.1 Å². The van der Waals surface area contributed by atoms with E-state index >= 15 is 0 Å². The highest BCUT2D eigenvalue weighted by Crippen LogP contribution is 2.44. The minimum atomic E-state index is -5.90. The highest BCUT2D eigenvalue weighted by Gasteiger charge is 2.45. The zero-order valence-corrected chi connectivity index (χ0v) is 25.3. The Balaban J connectivity index is 2.98. The van der Waals surface area contributed by atoms with Crippen LogP contribution >= 0.6 is 0 Å². The Labute approximate surface area is 291 Å². The van der Waals surface area contributed by atoms with E-state index in [0.29, 0.717) is 0 Å². The monoisotopic (exact) mass is 753 g/mol. The van der Waals surface area contributed by atoms with Crippen LogP contribution in [0.1, 0.15) is 72.3 Å². The van der Waals surface area contributed by atoms with Crippen LogP contribution in [0.5, 0.6) is 0 Å². The van der Waals surface area contributed by atoms with E-state index in [4.69, 9.17) is 0 Å². The topological polar surface area (TPSA) is 214 Å². The lowest BCUT2D eigenvalue weighted by atomic mass is 9.83. The summed E-state index contributed by atoms with van der Waals surface area (Å²) in [5.74, 6) is 0. The largest absolute Gasteiger partial charge is 0.417 e. The van der Waals surface area contributed by atoms with Crippen molar-refractivity contribution in [2.45, 2.75) is 24.7 Å². The Morgan fingerprint density at radius 1 is 0.370 bits per heavy atom. The third-order valence-corrected chi connectivity index (χ3v) is 7.24. The standard InChI is InChI=1S/C33H3F12N9/c34-30(35,36)23-2-25(32(40,41)42)28(20(10-52)16(23)6-48)18(8-50)14-1-13(4-46)27(19(9-51)15(14)5-47)22(12-54)29-21(11-53)17(7-49)24(31(37,38)39)3-26(29)33(43,44)45/h1-3H/b18-14+,27-22+. The first-order chi connectivity index (χ1) is 25.0. The van der Waals surface area contributed by atoms with Crippen molar-refractivity contribution < 1.29 is 52.7 Å². The molecule has 0 radical (unpaired) electrons. The van der Waals surface area contributed by atoms with Gasteiger partial charge in [-0.25, -0.2) is 0 Å². The first-order valence-electron chi connectivity index (χ1n) is 13.3. The molecular weight excluding hydrogens is 750 g/mol. The lowest BCUT2D eigenvalue weighted by Crippen LogP contribution is -2.28. The van der Waals surface area contributed by atoms with Crippen molar-refractivity contribution in [3.8, 4) is 54.6 Å². The highest BCUT2D eigenvalue weighted by atomic mass is 19.4. The highest BCUT2D eigenvalue weighted by molar-refractivity contribution is 5.88. The molecule has 0 aromatic heterocycles. The molecule has 0 spiro atoms. The maximum absolute atomic E-state index is 14.3. The second-order valence-corrected chi connectivity index (χ2v) is 10.0. The molecule has 264 valence electrons. The minimum absolute atomic E-state index is 0.185. The molecule has 3 aromatic carbocycles. The fourth-order valence-corrected chi connectivity index (χ4v) is 5.18. The molecular formula is C33H3F12N9. The van der Waals surface area contributed by atoms with Gasteiger partial charge in [0.05, 0.1) is 78.4 Å². The number of hydrogen-bond acceptors (Lipinski definition) is 9. The first kappa shape index (κ1) is 40.4. The van der Waals surface area contributed by atoms with Crippen LogP contribution in [-0.2, 0) is 24.7 Å². The molecule has 3 rings (SSSR count). The van der Waals surface area contributed by atoms with Crippen LogP contribution in [-0.4, -0.2) is 0 Å². The molecule has 0 N–H and O–H groups in total. The third-order valence-electron chi connectivity index (χ3n) is 7.24. The number of alkyl halides is 12. The second-order valence-electron chi connectivity index (χ2n) is 10.0. The van der Waals surface area contributed by atoms with Gasteiger partial charge in [0.25, 0.3) is 0 Å². The fourth-order valence-electron chi connectivity index (χ4n) is 5.18. The van der Waals surface area contributed by atoms with Gasteiger partial charge in [0.15, 0.2) is 0 Å². The van der Waals surface area contributed by atoms with Crippen molar-refractivity contribution in [1.82, 2.24) is 0 Å². The van der Waals surface area contributed by atoms with E-state index in [9.17, 15) is 100 Å². The summed E-state index contributed by atoms with van der Waals surface area (Å²) in [5, 5.41) is 85.8. The van der Waals surface area contributed by atoms with Crippen LogP contribution in [0.2, 0.25) is 0 Å². The van der Waals surface area contributed by atoms with Crippen molar-refractivity contribution in [2.75, 3.05) is 0 Å². The van der Waals surface area contributed by atoms with E-state index in [2.05, 4.69) is 0 Å². The van der Waals surface area contributed by atoms with E-state index in [1.165, 1.54) is 12.1 Å². The van der Waals surface area contributed by atoms with Crippen LogP contribution < -0.4 is 10.4 Å². The van der Waals surface area contributed by atoms with Crippen LogP contribution in [0.3, 0.4) is 0 Å². The lowest BCUT2D eigenvalue weighted by Gasteiger charge is -2.20. The molecule has 0 saturated carbocycles. The van der Waals surface area contributed by atoms with Crippen LogP contribution in [0.15, 0.2) is 18.2 Å². The third kappa shape index (κ3) is 6.71. The molecule has 0 saturated heterocycles. The van der Waals surface area contributed by atoms with Gasteiger partial charge in [0, 0.05) is 21.6 Å². The number of nitrogens with zero attached hydrogens (tertiary/aromatic N) is 9. The van der Waals surface area contributed by atoms with Gasteiger partial charge in [0.2, 0.25) is 0 Å². The summed E-state index contributed by atoms with van der Waals surface area (Å²) in [6.07, 6.45) is -23.2. The zero-order chi connectivity index (χ0) is 41.3. The Bertz CT molecular complexity index is 2710. The summed E-state index contributed by atoms with van der Waals surface area (Å²) in [4.78, 5) is 0. The molecule has 0 heterocycles. The van der Waals surface area contributed by atoms with Crippen molar-refractivity contribution in [3.63, 3.8) is 0 Å². The molecule has 9 nitrogen and oxygen atoms in total. The van der Waals surface area contributed by atoms with E-state index < -0.39 is 131 Å². The zero-order valence-electron chi connectivity index (χ0n) is 25.3. The summed E-state index contributed by atoms with van der Waals surface area (Å²) in [6.45, 7) is 0. The maximum Gasteiger partial charge on any atom is 0.417 e. The number of rotatable bonds is 2. The summed E-state index contributed by atoms with van der Waals surface area (Å²) < 4.78 is 169. The molecule has 0 amide bonds. The average molecular weight is 753 g/mol. The molecule has 0 aliphatic heterocycles. The predicted octanol–water partition coefficient (Wildman–Crippen LogP) is 6.31. The van der Waals surface area contributed by atoms with E-state index in [-0.39, 0.29) is 6.07 Å². The number of halogens is 12. The number of hydrogen-bond donors (Lipinski definition) is 0. The Hall–Kier alpha value is -8.03.